The van der Waals surface area contributed by atoms with E-state index < -0.39 is 0 Å². The van der Waals surface area contributed by atoms with Crippen LogP contribution in [0.3, 0.4) is 0 Å². The van der Waals surface area contributed by atoms with E-state index in [1.165, 1.54) is 110 Å². The first-order valence-electron chi connectivity index (χ1n) is 19.3. The molecule has 0 atom stereocenters. The molecule has 0 N–H and O–H groups in total. The van der Waals surface area contributed by atoms with E-state index in [4.69, 9.17) is 0 Å². The van der Waals surface area contributed by atoms with Crippen molar-refractivity contribution in [2.45, 2.75) is 19.3 Å². The van der Waals surface area contributed by atoms with Crippen molar-refractivity contribution in [3.8, 4) is 55.6 Å². The summed E-state index contributed by atoms with van der Waals surface area (Å²) in [6.45, 7) is 4.77. The molecule has 0 amide bonds. The second-order valence-corrected chi connectivity index (χ2v) is 15.6. The van der Waals surface area contributed by atoms with Gasteiger partial charge in [0.1, 0.15) is 0 Å². The van der Waals surface area contributed by atoms with E-state index in [1.807, 2.05) is 0 Å². The Morgan fingerprint density at radius 3 is 1.56 bits per heavy atom. The quantitative estimate of drug-likeness (QED) is 0.127. The minimum Gasteiger partial charge on any atom is -0.0622 e. The minimum absolute atomic E-state index is 0.103. The van der Waals surface area contributed by atoms with Gasteiger partial charge in [-0.2, -0.15) is 0 Å². The van der Waals surface area contributed by atoms with Crippen LogP contribution in [0.5, 0.6) is 0 Å². The molecule has 0 nitrogen and oxygen atoms in total. The molecule has 0 saturated carbocycles. The summed E-state index contributed by atoms with van der Waals surface area (Å²) in [7, 11) is 0. The average Bonchev–Trinajstić information content (AvgIpc) is 3.46. The second kappa shape index (κ2) is 12.1. The lowest BCUT2D eigenvalue weighted by molar-refractivity contribution is 0.661. The standard InChI is InChI=1S/C55H38/c1-55(2)50-34-41(26-28-43(50)49-32-38-20-9-10-21-39(38)33-51(49)55)40-27-29-46(48(31-40)35-15-5-3-6-16-35)53-45-24-14-13-23-44(45)52(37-18-7-4-8-19-37)54-42-22-12-11-17-36(42)25-30-47(53)54/h3-34H,1-2H3. The Morgan fingerprint density at radius 2 is 0.836 bits per heavy atom. The normalized spacial score (nSPS) is 13.1. The molecule has 0 unspecified atom stereocenters. The summed E-state index contributed by atoms with van der Waals surface area (Å²) in [4.78, 5) is 0. The zero-order valence-electron chi connectivity index (χ0n) is 31.0. The Hall–Kier alpha value is -6.76. The van der Waals surface area contributed by atoms with Crippen molar-refractivity contribution < 1.29 is 0 Å². The number of rotatable bonds is 4. The smallest absolute Gasteiger partial charge is 0.0159 e. The maximum atomic E-state index is 2.45. The monoisotopic (exact) mass is 698 g/mol. The molecule has 0 bridgehead atoms. The Labute approximate surface area is 322 Å². The Bertz CT molecular complexity index is 3150. The highest BCUT2D eigenvalue weighted by molar-refractivity contribution is 6.28. The lowest BCUT2D eigenvalue weighted by atomic mass is 9.80. The first-order valence-corrected chi connectivity index (χ1v) is 19.3. The molecule has 10 aromatic rings. The maximum Gasteiger partial charge on any atom is 0.0159 e. The van der Waals surface area contributed by atoms with E-state index in [0.717, 1.165) is 0 Å². The van der Waals surface area contributed by atoms with E-state index in [1.54, 1.807) is 0 Å². The SMILES string of the molecule is CC1(C)c2cc(-c3ccc(-c4c5ccccc5c(-c5ccccc5)c5c4ccc4ccccc45)c(-c4ccccc4)c3)ccc2-c2cc3ccccc3cc21. The van der Waals surface area contributed by atoms with Crippen LogP contribution in [-0.4, -0.2) is 0 Å². The zero-order valence-corrected chi connectivity index (χ0v) is 31.0. The van der Waals surface area contributed by atoms with Crippen LogP contribution in [0, 0.1) is 0 Å². The summed E-state index contributed by atoms with van der Waals surface area (Å²) < 4.78 is 0. The van der Waals surface area contributed by atoms with Crippen LogP contribution >= 0.6 is 0 Å². The average molecular weight is 699 g/mol. The highest BCUT2D eigenvalue weighted by Crippen LogP contribution is 2.52. The van der Waals surface area contributed by atoms with E-state index in [9.17, 15) is 0 Å². The van der Waals surface area contributed by atoms with Crippen LogP contribution < -0.4 is 0 Å². The van der Waals surface area contributed by atoms with Gasteiger partial charge in [-0.3, -0.25) is 0 Å². The predicted molar refractivity (Wildman–Crippen MR) is 236 cm³/mol. The third kappa shape index (κ3) is 4.85. The summed E-state index contributed by atoms with van der Waals surface area (Å²) in [6.07, 6.45) is 0. The van der Waals surface area contributed by atoms with Gasteiger partial charge in [0, 0.05) is 5.41 Å². The van der Waals surface area contributed by atoms with Crippen molar-refractivity contribution in [3.63, 3.8) is 0 Å². The van der Waals surface area contributed by atoms with Crippen LogP contribution in [0.4, 0.5) is 0 Å². The molecule has 258 valence electrons. The van der Waals surface area contributed by atoms with Gasteiger partial charge in [0.15, 0.2) is 0 Å². The first-order chi connectivity index (χ1) is 27.0. The van der Waals surface area contributed by atoms with Gasteiger partial charge in [-0.05, 0) is 134 Å². The fourth-order valence-corrected chi connectivity index (χ4v) is 9.54. The lowest BCUT2D eigenvalue weighted by Gasteiger charge is -2.23. The van der Waals surface area contributed by atoms with Crippen molar-refractivity contribution >= 4 is 43.1 Å². The molecule has 55 heavy (non-hydrogen) atoms. The van der Waals surface area contributed by atoms with Crippen molar-refractivity contribution in [2.75, 3.05) is 0 Å². The molecule has 10 aromatic carbocycles. The van der Waals surface area contributed by atoms with Crippen LogP contribution in [0.1, 0.15) is 25.0 Å². The molecule has 0 spiro atoms. The van der Waals surface area contributed by atoms with Gasteiger partial charge < -0.3 is 0 Å². The molecular formula is C55H38. The Balaban J connectivity index is 1.17. The number of hydrogen-bond donors (Lipinski definition) is 0. The van der Waals surface area contributed by atoms with Gasteiger partial charge in [0.2, 0.25) is 0 Å². The third-order valence-corrected chi connectivity index (χ3v) is 12.2. The van der Waals surface area contributed by atoms with E-state index in [0.29, 0.717) is 0 Å². The van der Waals surface area contributed by atoms with Crippen molar-refractivity contribution in [1.82, 2.24) is 0 Å². The summed E-state index contributed by atoms with van der Waals surface area (Å²) in [5, 5.41) is 10.2. The van der Waals surface area contributed by atoms with Gasteiger partial charge in [0.05, 0.1) is 0 Å². The highest BCUT2D eigenvalue weighted by atomic mass is 14.4. The predicted octanol–water partition coefficient (Wildman–Crippen LogP) is 15.3. The van der Waals surface area contributed by atoms with E-state index in [2.05, 4.69) is 208 Å². The number of hydrogen-bond acceptors (Lipinski definition) is 0. The van der Waals surface area contributed by atoms with E-state index >= 15 is 0 Å². The van der Waals surface area contributed by atoms with Gasteiger partial charge in [-0.15, -0.1) is 0 Å². The Kier molecular flexibility index (Phi) is 7.00. The lowest BCUT2D eigenvalue weighted by Crippen LogP contribution is -2.15. The van der Waals surface area contributed by atoms with Gasteiger partial charge in [-0.1, -0.05) is 184 Å². The fourth-order valence-electron chi connectivity index (χ4n) is 9.54. The van der Waals surface area contributed by atoms with Crippen molar-refractivity contribution in [3.05, 3.63) is 205 Å². The Morgan fingerprint density at radius 1 is 0.291 bits per heavy atom. The summed E-state index contributed by atoms with van der Waals surface area (Å²) in [6, 6.07) is 72.2. The molecule has 0 saturated heterocycles. The summed E-state index contributed by atoms with van der Waals surface area (Å²) >= 11 is 0. The second-order valence-electron chi connectivity index (χ2n) is 15.6. The fraction of sp³-hybridized carbons (Fsp3) is 0.0545. The molecule has 11 rings (SSSR count). The minimum atomic E-state index is -0.103. The van der Waals surface area contributed by atoms with Crippen LogP contribution in [0.2, 0.25) is 0 Å². The zero-order chi connectivity index (χ0) is 36.7. The molecule has 0 aliphatic heterocycles. The molecule has 0 radical (unpaired) electrons. The molecule has 0 heterocycles. The molecule has 1 aliphatic rings. The van der Waals surface area contributed by atoms with Gasteiger partial charge in [-0.25, -0.2) is 0 Å². The molecular weight excluding hydrogens is 661 g/mol. The van der Waals surface area contributed by atoms with Crippen molar-refractivity contribution in [2.24, 2.45) is 0 Å². The molecule has 0 fully saturated rings. The van der Waals surface area contributed by atoms with Crippen LogP contribution in [0.15, 0.2) is 194 Å². The molecule has 0 heteroatoms. The van der Waals surface area contributed by atoms with E-state index in [-0.39, 0.29) is 5.41 Å². The topological polar surface area (TPSA) is 0 Å². The van der Waals surface area contributed by atoms with Crippen LogP contribution in [-0.2, 0) is 5.41 Å². The first kappa shape index (κ1) is 31.7. The largest absolute Gasteiger partial charge is 0.0622 e. The summed E-state index contributed by atoms with van der Waals surface area (Å²) in [5.41, 5.74) is 15.4. The van der Waals surface area contributed by atoms with Crippen LogP contribution in [0.25, 0.3) is 98.7 Å². The summed E-state index contributed by atoms with van der Waals surface area (Å²) in [5.74, 6) is 0. The molecule has 1 aliphatic carbocycles. The number of benzene rings is 10. The maximum absolute atomic E-state index is 2.45. The number of fused-ring (bicyclic) bond motifs is 8. The van der Waals surface area contributed by atoms with Crippen molar-refractivity contribution in [1.29, 1.82) is 0 Å². The van der Waals surface area contributed by atoms with Gasteiger partial charge >= 0.3 is 0 Å². The van der Waals surface area contributed by atoms with Gasteiger partial charge in [0.25, 0.3) is 0 Å². The molecule has 0 aromatic heterocycles. The highest BCUT2D eigenvalue weighted by Gasteiger charge is 2.36. The third-order valence-electron chi connectivity index (χ3n) is 12.2.